The quantitative estimate of drug-likeness (QED) is 0.606. The first kappa shape index (κ1) is 11.0. The molecule has 0 aromatic rings. The fraction of sp³-hybridized carbons (Fsp3) is 1.00. The molecule has 2 heteroatoms. The van der Waals surface area contributed by atoms with Crippen LogP contribution >= 0.6 is 0 Å². The highest BCUT2D eigenvalue weighted by molar-refractivity contribution is 4.61. The van der Waals surface area contributed by atoms with Crippen LogP contribution in [0.2, 0.25) is 0 Å². The van der Waals surface area contributed by atoms with Gasteiger partial charge in [-0.05, 0) is 19.3 Å². The third-order valence-electron chi connectivity index (χ3n) is 2.90. The largest absolute Gasteiger partial charge is 0.245 e. The molecule has 2 nitrogen and oxygen atoms in total. The van der Waals surface area contributed by atoms with Crippen LogP contribution in [0.25, 0.3) is 0 Å². The van der Waals surface area contributed by atoms with Gasteiger partial charge in [-0.15, -0.1) is 0 Å². The normalized spacial score (nSPS) is 19.6. The second-order valence-corrected chi connectivity index (χ2v) is 4.10. The van der Waals surface area contributed by atoms with Gasteiger partial charge in [0, 0.05) is 26.7 Å². The molecule has 0 unspecified atom stereocenters. The third-order valence-corrected chi connectivity index (χ3v) is 2.90. The zero-order valence-electron chi connectivity index (χ0n) is 9.26. The second kappa shape index (κ2) is 6.39. The molecule has 1 aliphatic heterocycles. The van der Waals surface area contributed by atoms with Crippen molar-refractivity contribution in [1.29, 1.82) is 0 Å². The highest BCUT2D eigenvalue weighted by atomic mass is 15.6. The smallest absolute Gasteiger partial charge is 0.0133 e. The number of hydrogen-bond donors (Lipinski definition) is 0. The summed E-state index contributed by atoms with van der Waals surface area (Å²) in [7, 11) is 2.24. The molecule has 0 aromatic carbocycles. The zero-order chi connectivity index (χ0) is 9.52. The fourth-order valence-electron chi connectivity index (χ4n) is 1.95. The van der Waals surface area contributed by atoms with E-state index in [0.29, 0.717) is 0 Å². The highest BCUT2D eigenvalue weighted by Gasteiger charge is 2.13. The molecule has 1 saturated heterocycles. The topological polar surface area (TPSA) is 6.48 Å². The summed E-state index contributed by atoms with van der Waals surface area (Å²) in [5.41, 5.74) is 0. The molecule has 0 N–H and O–H groups in total. The summed E-state index contributed by atoms with van der Waals surface area (Å²) >= 11 is 0. The summed E-state index contributed by atoms with van der Waals surface area (Å²) in [6.45, 7) is 6.07. The molecule has 1 rings (SSSR count). The molecular weight excluding hydrogens is 160 g/mol. The number of nitrogens with zero attached hydrogens (tertiary/aromatic N) is 2. The van der Waals surface area contributed by atoms with E-state index in [-0.39, 0.29) is 0 Å². The van der Waals surface area contributed by atoms with E-state index in [4.69, 9.17) is 0 Å². The lowest BCUT2D eigenvalue weighted by atomic mass is 10.2. The SMILES string of the molecule is CCCCCN(C)N1CCCCC1. The molecule has 1 fully saturated rings. The Morgan fingerprint density at radius 2 is 1.77 bits per heavy atom. The van der Waals surface area contributed by atoms with E-state index in [1.54, 1.807) is 0 Å². The van der Waals surface area contributed by atoms with Crippen LogP contribution in [0.4, 0.5) is 0 Å². The third kappa shape index (κ3) is 4.10. The summed E-state index contributed by atoms with van der Waals surface area (Å²) in [4.78, 5) is 0. The molecule has 0 spiro atoms. The first-order valence-corrected chi connectivity index (χ1v) is 5.80. The Morgan fingerprint density at radius 1 is 1.08 bits per heavy atom. The Kier molecular flexibility index (Phi) is 5.40. The molecule has 0 saturated carbocycles. The van der Waals surface area contributed by atoms with Gasteiger partial charge < -0.3 is 0 Å². The predicted octanol–water partition coefficient (Wildman–Crippen LogP) is 2.51. The summed E-state index contributed by atoms with van der Waals surface area (Å²) in [6.07, 6.45) is 8.26. The molecular formula is C11H24N2. The van der Waals surface area contributed by atoms with Gasteiger partial charge in [0.15, 0.2) is 0 Å². The molecule has 0 bridgehead atoms. The fourth-order valence-corrected chi connectivity index (χ4v) is 1.95. The van der Waals surface area contributed by atoms with Crippen molar-refractivity contribution in [2.45, 2.75) is 45.4 Å². The zero-order valence-corrected chi connectivity index (χ0v) is 9.26. The van der Waals surface area contributed by atoms with E-state index >= 15 is 0 Å². The minimum atomic E-state index is 1.24. The minimum Gasteiger partial charge on any atom is -0.245 e. The standard InChI is InChI=1S/C11H24N2/c1-3-4-6-9-12(2)13-10-7-5-8-11-13/h3-11H2,1-2H3. The van der Waals surface area contributed by atoms with Crippen molar-refractivity contribution in [1.82, 2.24) is 10.0 Å². The molecule has 0 atom stereocenters. The summed E-state index contributed by atoms with van der Waals surface area (Å²) in [6, 6.07) is 0. The van der Waals surface area contributed by atoms with Gasteiger partial charge in [0.05, 0.1) is 0 Å². The van der Waals surface area contributed by atoms with Crippen LogP contribution < -0.4 is 0 Å². The summed E-state index contributed by atoms with van der Waals surface area (Å²) in [5, 5.41) is 4.94. The first-order valence-electron chi connectivity index (χ1n) is 5.80. The van der Waals surface area contributed by atoms with Gasteiger partial charge in [-0.3, -0.25) is 0 Å². The maximum atomic E-state index is 2.51. The number of piperidine rings is 1. The average Bonchev–Trinajstić information content (AvgIpc) is 2.19. The molecule has 0 aromatic heterocycles. The predicted molar refractivity (Wildman–Crippen MR) is 57.6 cm³/mol. The Balaban J connectivity index is 2.09. The number of hydrogen-bond acceptors (Lipinski definition) is 2. The van der Waals surface area contributed by atoms with E-state index < -0.39 is 0 Å². The van der Waals surface area contributed by atoms with E-state index in [0.717, 1.165) is 0 Å². The van der Waals surface area contributed by atoms with Gasteiger partial charge in [0.25, 0.3) is 0 Å². The van der Waals surface area contributed by atoms with Crippen molar-refractivity contribution in [2.24, 2.45) is 0 Å². The number of hydrazine groups is 1. The van der Waals surface area contributed by atoms with Crippen molar-refractivity contribution in [2.75, 3.05) is 26.7 Å². The van der Waals surface area contributed by atoms with Crippen LogP contribution in [0.5, 0.6) is 0 Å². The van der Waals surface area contributed by atoms with Gasteiger partial charge in [0.2, 0.25) is 0 Å². The molecule has 0 radical (unpaired) electrons. The summed E-state index contributed by atoms with van der Waals surface area (Å²) in [5.74, 6) is 0. The van der Waals surface area contributed by atoms with Crippen LogP contribution in [0.3, 0.4) is 0 Å². The van der Waals surface area contributed by atoms with E-state index in [2.05, 4.69) is 24.0 Å². The maximum absolute atomic E-state index is 2.51. The van der Waals surface area contributed by atoms with Gasteiger partial charge in [0.1, 0.15) is 0 Å². The van der Waals surface area contributed by atoms with Crippen molar-refractivity contribution < 1.29 is 0 Å². The van der Waals surface area contributed by atoms with Gasteiger partial charge in [-0.25, -0.2) is 10.0 Å². The molecule has 78 valence electrons. The monoisotopic (exact) mass is 184 g/mol. The number of unbranched alkanes of at least 4 members (excludes halogenated alkanes) is 2. The molecule has 0 aliphatic carbocycles. The molecule has 13 heavy (non-hydrogen) atoms. The van der Waals surface area contributed by atoms with Crippen LogP contribution in [-0.4, -0.2) is 36.7 Å². The molecule has 1 heterocycles. The minimum absolute atomic E-state index is 1.24. The Hall–Kier alpha value is -0.0800. The lowest BCUT2D eigenvalue weighted by Crippen LogP contribution is -2.43. The van der Waals surface area contributed by atoms with Crippen molar-refractivity contribution in [3.8, 4) is 0 Å². The van der Waals surface area contributed by atoms with E-state index in [9.17, 15) is 0 Å². The van der Waals surface area contributed by atoms with Crippen molar-refractivity contribution in [3.63, 3.8) is 0 Å². The van der Waals surface area contributed by atoms with Gasteiger partial charge in [-0.2, -0.15) is 0 Å². The van der Waals surface area contributed by atoms with E-state index in [1.807, 2.05) is 0 Å². The van der Waals surface area contributed by atoms with Crippen LogP contribution in [0, 0.1) is 0 Å². The first-order chi connectivity index (χ1) is 6.34. The Labute approximate surface area is 82.9 Å². The van der Waals surface area contributed by atoms with Crippen molar-refractivity contribution in [3.05, 3.63) is 0 Å². The molecule has 1 aliphatic rings. The average molecular weight is 184 g/mol. The van der Waals surface area contributed by atoms with E-state index in [1.165, 1.54) is 58.2 Å². The van der Waals surface area contributed by atoms with Crippen LogP contribution in [0.1, 0.15) is 45.4 Å². The lowest BCUT2D eigenvalue weighted by Gasteiger charge is -2.34. The van der Waals surface area contributed by atoms with Crippen LogP contribution in [-0.2, 0) is 0 Å². The van der Waals surface area contributed by atoms with Crippen LogP contribution in [0.15, 0.2) is 0 Å². The van der Waals surface area contributed by atoms with Gasteiger partial charge >= 0.3 is 0 Å². The van der Waals surface area contributed by atoms with Gasteiger partial charge in [-0.1, -0.05) is 26.2 Å². The Morgan fingerprint density at radius 3 is 2.38 bits per heavy atom. The summed E-state index contributed by atoms with van der Waals surface area (Å²) < 4.78 is 0. The molecule has 0 amide bonds. The Bertz CT molecular complexity index is 119. The second-order valence-electron chi connectivity index (χ2n) is 4.10. The highest BCUT2D eigenvalue weighted by Crippen LogP contribution is 2.10. The maximum Gasteiger partial charge on any atom is 0.0133 e. The van der Waals surface area contributed by atoms with Crippen molar-refractivity contribution >= 4 is 0 Å². The lowest BCUT2D eigenvalue weighted by molar-refractivity contribution is -0.0172. The number of rotatable bonds is 5.